The van der Waals surface area contributed by atoms with E-state index in [0.717, 1.165) is 11.4 Å². The van der Waals surface area contributed by atoms with E-state index in [9.17, 15) is 4.79 Å². The number of carbonyl (C=O) groups is 1. The number of nitrogens with one attached hydrogen (secondary N) is 2. The van der Waals surface area contributed by atoms with Crippen molar-refractivity contribution in [2.45, 2.75) is 46.3 Å². The molecular weight excluding hydrogens is 256 g/mol. The number of rotatable bonds is 4. The SMILES string of the molecule is COc1ccc(NC(=O)OC(C)(C)C)c(NC(C)C)c1. The lowest BCUT2D eigenvalue weighted by atomic mass is 10.2. The highest BCUT2D eigenvalue weighted by Crippen LogP contribution is 2.28. The molecule has 0 fully saturated rings. The number of carbonyl (C=O) groups excluding carboxylic acids is 1. The van der Waals surface area contributed by atoms with Gasteiger partial charge >= 0.3 is 6.09 Å². The van der Waals surface area contributed by atoms with Crippen molar-refractivity contribution in [3.63, 3.8) is 0 Å². The monoisotopic (exact) mass is 280 g/mol. The minimum absolute atomic E-state index is 0.237. The lowest BCUT2D eigenvalue weighted by Gasteiger charge is -2.21. The first-order chi connectivity index (χ1) is 9.21. The van der Waals surface area contributed by atoms with Gasteiger partial charge in [0.2, 0.25) is 0 Å². The van der Waals surface area contributed by atoms with Crippen molar-refractivity contribution >= 4 is 17.5 Å². The van der Waals surface area contributed by atoms with Gasteiger partial charge in [-0.25, -0.2) is 4.79 Å². The fourth-order valence-electron chi connectivity index (χ4n) is 1.60. The molecule has 0 aromatic heterocycles. The van der Waals surface area contributed by atoms with Gasteiger partial charge in [0.15, 0.2) is 0 Å². The van der Waals surface area contributed by atoms with Crippen molar-refractivity contribution in [1.82, 2.24) is 0 Å². The molecule has 0 heterocycles. The highest BCUT2D eigenvalue weighted by molar-refractivity contribution is 5.90. The van der Waals surface area contributed by atoms with E-state index >= 15 is 0 Å². The number of anilines is 2. The molecule has 0 saturated carbocycles. The van der Waals surface area contributed by atoms with Gasteiger partial charge in [-0.2, -0.15) is 0 Å². The minimum Gasteiger partial charge on any atom is -0.497 e. The zero-order valence-corrected chi connectivity index (χ0v) is 13.0. The summed E-state index contributed by atoms with van der Waals surface area (Å²) in [5, 5.41) is 6.01. The Kier molecular flexibility index (Phi) is 5.25. The van der Waals surface area contributed by atoms with Crippen LogP contribution >= 0.6 is 0 Å². The summed E-state index contributed by atoms with van der Waals surface area (Å²) < 4.78 is 10.4. The van der Waals surface area contributed by atoms with Crippen LogP contribution in [-0.4, -0.2) is 24.8 Å². The third-order valence-electron chi connectivity index (χ3n) is 2.31. The van der Waals surface area contributed by atoms with E-state index in [1.165, 1.54) is 0 Å². The van der Waals surface area contributed by atoms with Gasteiger partial charge in [0.05, 0.1) is 18.5 Å². The van der Waals surface area contributed by atoms with Crippen molar-refractivity contribution in [2.75, 3.05) is 17.7 Å². The largest absolute Gasteiger partial charge is 0.497 e. The Balaban J connectivity index is 2.90. The van der Waals surface area contributed by atoms with Crippen molar-refractivity contribution < 1.29 is 14.3 Å². The molecule has 0 saturated heterocycles. The quantitative estimate of drug-likeness (QED) is 0.879. The predicted octanol–water partition coefficient (Wildman–Crippen LogP) is 3.86. The lowest BCUT2D eigenvalue weighted by Crippen LogP contribution is -2.27. The van der Waals surface area contributed by atoms with Gasteiger partial charge in [-0.1, -0.05) is 0 Å². The van der Waals surface area contributed by atoms with Crippen LogP contribution in [0.5, 0.6) is 5.75 Å². The van der Waals surface area contributed by atoms with Crippen molar-refractivity contribution in [1.29, 1.82) is 0 Å². The molecule has 0 aliphatic carbocycles. The molecule has 112 valence electrons. The summed E-state index contributed by atoms with van der Waals surface area (Å²) in [5.41, 5.74) is 0.932. The molecule has 0 unspecified atom stereocenters. The van der Waals surface area contributed by atoms with Gasteiger partial charge < -0.3 is 14.8 Å². The second-order valence-electron chi connectivity index (χ2n) is 5.84. The van der Waals surface area contributed by atoms with E-state index in [-0.39, 0.29) is 6.04 Å². The third kappa shape index (κ3) is 5.38. The van der Waals surface area contributed by atoms with Crippen molar-refractivity contribution in [3.05, 3.63) is 18.2 Å². The summed E-state index contributed by atoms with van der Waals surface area (Å²) in [7, 11) is 1.61. The van der Waals surface area contributed by atoms with Crippen molar-refractivity contribution in [2.24, 2.45) is 0 Å². The Morgan fingerprint density at radius 3 is 2.35 bits per heavy atom. The molecule has 0 bridgehead atoms. The molecule has 1 aromatic carbocycles. The molecule has 1 aromatic rings. The van der Waals surface area contributed by atoms with E-state index in [4.69, 9.17) is 9.47 Å². The fraction of sp³-hybridized carbons (Fsp3) is 0.533. The Bertz CT molecular complexity index is 465. The zero-order valence-electron chi connectivity index (χ0n) is 13.0. The van der Waals surface area contributed by atoms with Crippen LogP contribution in [0.15, 0.2) is 18.2 Å². The Morgan fingerprint density at radius 1 is 1.20 bits per heavy atom. The van der Waals surface area contributed by atoms with Crippen LogP contribution in [0.2, 0.25) is 0 Å². The molecule has 0 aliphatic heterocycles. The zero-order chi connectivity index (χ0) is 15.3. The maximum absolute atomic E-state index is 11.8. The highest BCUT2D eigenvalue weighted by Gasteiger charge is 2.17. The highest BCUT2D eigenvalue weighted by atomic mass is 16.6. The molecule has 0 spiro atoms. The Morgan fingerprint density at radius 2 is 1.85 bits per heavy atom. The van der Waals surface area contributed by atoms with E-state index in [0.29, 0.717) is 5.69 Å². The molecule has 2 N–H and O–H groups in total. The molecule has 20 heavy (non-hydrogen) atoms. The lowest BCUT2D eigenvalue weighted by molar-refractivity contribution is 0.0636. The maximum atomic E-state index is 11.8. The van der Waals surface area contributed by atoms with Crippen molar-refractivity contribution in [3.8, 4) is 5.75 Å². The van der Waals surface area contributed by atoms with Gasteiger partial charge in [-0.15, -0.1) is 0 Å². The predicted molar refractivity (Wildman–Crippen MR) is 81.6 cm³/mol. The number of amides is 1. The average Bonchev–Trinajstić information content (AvgIpc) is 2.28. The van der Waals surface area contributed by atoms with Crippen LogP contribution in [0.4, 0.5) is 16.2 Å². The van der Waals surface area contributed by atoms with Gasteiger partial charge in [-0.05, 0) is 46.8 Å². The molecule has 0 aliphatic rings. The first kappa shape index (κ1) is 16.1. The normalized spacial score (nSPS) is 11.2. The number of methoxy groups -OCH3 is 1. The molecule has 1 amide bonds. The summed E-state index contributed by atoms with van der Waals surface area (Å²) in [4.78, 5) is 11.8. The van der Waals surface area contributed by atoms with E-state index in [1.54, 1.807) is 19.2 Å². The van der Waals surface area contributed by atoms with Gasteiger partial charge in [0.1, 0.15) is 11.4 Å². The number of ether oxygens (including phenoxy) is 2. The van der Waals surface area contributed by atoms with Gasteiger partial charge in [0, 0.05) is 12.1 Å². The van der Waals surface area contributed by atoms with E-state index in [2.05, 4.69) is 10.6 Å². The smallest absolute Gasteiger partial charge is 0.412 e. The summed E-state index contributed by atoms with van der Waals surface area (Å²) in [6, 6.07) is 5.65. The summed E-state index contributed by atoms with van der Waals surface area (Å²) in [5.74, 6) is 0.725. The van der Waals surface area contributed by atoms with Crippen LogP contribution in [0, 0.1) is 0 Å². The molecular formula is C15H24N2O3. The maximum Gasteiger partial charge on any atom is 0.412 e. The topological polar surface area (TPSA) is 59.6 Å². The molecule has 0 atom stereocenters. The summed E-state index contributed by atoms with van der Waals surface area (Å²) >= 11 is 0. The van der Waals surface area contributed by atoms with Crippen LogP contribution in [0.25, 0.3) is 0 Å². The molecule has 1 rings (SSSR count). The van der Waals surface area contributed by atoms with E-state index < -0.39 is 11.7 Å². The number of hydrogen-bond donors (Lipinski definition) is 2. The molecule has 5 nitrogen and oxygen atoms in total. The van der Waals surface area contributed by atoms with Crippen LogP contribution < -0.4 is 15.4 Å². The fourth-order valence-corrected chi connectivity index (χ4v) is 1.60. The first-order valence-electron chi connectivity index (χ1n) is 6.66. The van der Waals surface area contributed by atoms with Crippen LogP contribution in [-0.2, 0) is 4.74 Å². The first-order valence-corrected chi connectivity index (χ1v) is 6.66. The second kappa shape index (κ2) is 6.50. The average molecular weight is 280 g/mol. The number of hydrogen-bond acceptors (Lipinski definition) is 4. The van der Waals surface area contributed by atoms with Gasteiger partial charge in [-0.3, -0.25) is 5.32 Å². The minimum atomic E-state index is -0.526. The van der Waals surface area contributed by atoms with Crippen LogP contribution in [0.1, 0.15) is 34.6 Å². The second-order valence-corrected chi connectivity index (χ2v) is 5.84. The Hall–Kier alpha value is -1.91. The molecule has 0 radical (unpaired) electrons. The summed E-state index contributed by atoms with van der Waals surface area (Å²) in [6.07, 6.45) is -0.477. The summed E-state index contributed by atoms with van der Waals surface area (Å²) in [6.45, 7) is 9.53. The van der Waals surface area contributed by atoms with Gasteiger partial charge in [0.25, 0.3) is 0 Å². The van der Waals surface area contributed by atoms with Crippen LogP contribution in [0.3, 0.4) is 0 Å². The molecule has 5 heteroatoms. The Labute approximate surface area is 120 Å². The standard InChI is InChI=1S/C15H24N2O3/c1-10(2)16-13-9-11(19-6)7-8-12(13)17-14(18)20-15(3,4)5/h7-10,16H,1-6H3,(H,17,18). The third-order valence-corrected chi connectivity index (χ3v) is 2.31. The van der Waals surface area contributed by atoms with E-state index in [1.807, 2.05) is 40.7 Å². The number of benzene rings is 1.